The van der Waals surface area contributed by atoms with Crippen LogP contribution in [0.25, 0.3) is 10.8 Å². The van der Waals surface area contributed by atoms with Gasteiger partial charge in [-0.2, -0.15) is 5.26 Å². The molecule has 32 heavy (non-hydrogen) atoms. The van der Waals surface area contributed by atoms with Crippen LogP contribution < -0.4 is 15.0 Å². The van der Waals surface area contributed by atoms with Gasteiger partial charge in [0.1, 0.15) is 5.75 Å². The highest BCUT2D eigenvalue weighted by Crippen LogP contribution is 2.41. The summed E-state index contributed by atoms with van der Waals surface area (Å²) < 4.78 is 6.19. The molecule has 1 aromatic heterocycles. The zero-order valence-corrected chi connectivity index (χ0v) is 19.3. The second-order valence-corrected chi connectivity index (χ2v) is 9.34. The van der Waals surface area contributed by atoms with Gasteiger partial charge >= 0.3 is 0 Å². The Bertz CT molecular complexity index is 1200. The molecule has 164 valence electrons. The number of aliphatic hydroxyl groups excluding tert-OH is 1. The first-order chi connectivity index (χ1) is 15.6. The van der Waals surface area contributed by atoms with E-state index in [2.05, 4.69) is 42.4 Å². The van der Waals surface area contributed by atoms with Crippen molar-refractivity contribution in [1.82, 2.24) is 10.2 Å². The van der Waals surface area contributed by atoms with E-state index >= 15 is 0 Å². The first-order valence-corrected chi connectivity index (χ1v) is 11.6. The maximum Gasteiger partial charge on any atom is 0.159 e. The molecule has 2 aromatic carbocycles. The van der Waals surface area contributed by atoms with Crippen molar-refractivity contribution >= 4 is 38.3 Å². The summed E-state index contributed by atoms with van der Waals surface area (Å²) in [6.07, 6.45) is 3.42. The Morgan fingerprint density at radius 3 is 2.62 bits per heavy atom. The Kier molecular flexibility index (Phi) is 5.62. The first kappa shape index (κ1) is 21.0. The fourth-order valence-electron chi connectivity index (χ4n) is 5.03. The quantitative estimate of drug-likeness (QED) is 0.544. The van der Waals surface area contributed by atoms with E-state index in [1.165, 1.54) is 0 Å². The molecule has 2 N–H and O–H groups in total. The molecule has 0 radical (unpaired) electrons. The lowest BCUT2D eigenvalue weighted by Gasteiger charge is -2.38. The zero-order chi connectivity index (χ0) is 22.2. The lowest BCUT2D eigenvalue weighted by atomic mass is 9.99. The predicted octanol–water partition coefficient (Wildman–Crippen LogP) is 4.38. The standard InChI is InChI=1S/C24H24BrN5O2/c1-32-22-7-3-15(9-21(22)25)13-27-23-20-8-14(12-26)2-6-19(20)24(29-28-23)30-16-4-5-17(30)11-18(31)10-16/h2-3,6-9,16-18,31H,4-5,10-11,13H2,1H3,(H,27,28). The van der Waals surface area contributed by atoms with Crippen LogP contribution in [0.1, 0.15) is 36.8 Å². The summed E-state index contributed by atoms with van der Waals surface area (Å²) in [6, 6.07) is 14.4. The van der Waals surface area contributed by atoms with Crippen molar-refractivity contribution in [2.45, 2.75) is 50.4 Å². The number of hydrogen-bond acceptors (Lipinski definition) is 7. The van der Waals surface area contributed by atoms with Crippen LogP contribution >= 0.6 is 15.9 Å². The van der Waals surface area contributed by atoms with Gasteiger partial charge in [0.25, 0.3) is 0 Å². The number of nitrogens with zero attached hydrogens (tertiary/aromatic N) is 4. The molecule has 2 aliphatic heterocycles. The lowest BCUT2D eigenvalue weighted by molar-refractivity contribution is 0.126. The molecule has 8 heteroatoms. The SMILES string of the molecule is COc1ccc(CNc2nnc(N3C4CCC3CC(O)C4)c3ccc(C#N)cc23)cc1Br. The number of rotatable bonds is 5. The van der Waals surface area contributed by atoms with E-state index in [1.807, 2.05) is 36.4 Å². The number of ether oxygens (including phenoxy) is 1. The van der Waals surface area contributed by atoms with Crippen LogP contribution in [0, 0.1) is 11.3 Å². The molecule has 0 aliphatic carbocycles. The normalized spacial score (nSPS) is 22.1. The number of aliphatic hydroxyl groups is 1. The van der Waals surface area contributed by atoms with Crippen molar-refractivity contribution in [1.29, 1.82) is 5.26 Å². The van der Waals surface area contributed by atoms with E-state index in [4.69, 9.17) is 4.74 Å². The third-order valence-corrected chi connectivity index (χ3v) is 7.14. The van der Waals surface area contributed by atoms with E-state index in [0.717, 1.165) is 58.1 Å². The van der Waals surface area contributed by atoms with Crippen LogP contribution in [-0.4, -0.2) is 40.6 Å². The molecule has 5 rings (SSSR count). The van der Waals surface area contributed by atoms with Crippen LogP contribution in [-0.2, 0) is 6.54 Å². The molecular formula is C24H24BrN5O2. The molecule has 0 amide bonds. The monoisotopic (exact) mass is 493 g/mol. The molecule has 2 fully saturated rings. The minimum absolute atomic E-state index is 0.238. The number of hydrogen-bond donors (Lipinski definition) is 2. The summed E-state index contributed by atoms with van der Waals surface area (Å²) in [5.41, 5.74) is 1.65. The fourth-order valence-corrected chi connectivity index (χ4v) is 5.62. The molecule has 2 aliphatic rings. The number of methoxy groups -OCH3 is 1. The summed E-state index contributed by atoms with van der Waals surface area (Å²) in [7, 11) is 1.64. The van der Waals surface area contributed by atoms with Gasteiger partial charge in [-0.05, 0) is 77.5 Å². The minimum atomic E-state index is -0.238. The van der Waals surface area contributed by atoms with Gasteiger partial charge < -0.3 is 20.1 Å². The Hall–Kier alpha value is -2.89. The summed E-state index contributed by atoms with van der Waals surface area (Å²) in [5.74, 6) is 2.28. The van der Waals surface area contributed by atoms with Gasteiger partial charge in [0.2, 0.25) is 0 Å². The zero-order valence-electron chi connectivity index (χ0n) is 17.8. The third-order valence-electron chi connectivity index (χ3n) is 6.52. The number of anilines is 2. The molecule has 3 aromatic rings. The molecule has 0 spiro atoms. The van der Waals surface area contributed by atoms with Crippen LogP contribution in [0.5, 0.6) is 5.75 Å². The van der Waals surface area contributed by atoms with Crippen molar-refractivity contribution in [3.05, 3.63) is 52.0 Å². The predicted molar refractivity (Wildman–Crippen MR) is 127 cm³/mol. The smallest absolute Gasteiger partial charge is 0.159 e. The highest BCUT2D eigenvalue weighted by Gasteiger charge is 2.41. The van der Waals surface area contributed by atoms with Crippen LogP contribution in [0.3, 0.4) is 0 Å². The maximum absolute atomic E-state index is 10.2. The van der Waals surface area contributed by atoms with E-state index in [-0.39, 0.29) is 18.2 Å². The molecule has 0 saturated carbocycles. The molecule has 2 bridgehead atoms. The van der Waals surface area contributed by atoms with E-state index in [0.29, 0.717) is 17.9 Å². The summed E-state index contributed by atoms with van der Waals surface area (Å²) >= 11 is 3.53. The Morgan fingerprint density at radius 1 is 1.16 bits per heavy atom. The fraction of sp³-hybridized carbons (Fsp3) is 0.375. The Labute approximate surface area is 195 Å². The third kappa shape index (κ3) is 3.76. The van der Waals surface area contributed by atoms with Gasteiger partial charge in [0.15, 0.2) is 11.6 Å². The van der Waals surface area contributed by atoms with Crippen LogP contribution in [0.4, 0.5) is 11.6 Å². The van der Waals surface area contributed by atoms with Gasteiger partial charge in [-0.1, -0.05) is 6.07 Å². The van der Waals surface area contributed by atoms with E-state index < -0.39 is 0 Å². The lowest BCUT2D eigenvalue weighted by Crippen LogP contribution is -2.45. The number of benzene rings is 2. The van der Waals surface area contributed by atoms with Crippen molar-refractivity contribution < 1.29 is 9.84 Å². The molecule has 2 atom stereocenters. The number of fused-ring (bicyclic) bond motifs is 3. The molecule has 3 heterocycles. The van der Waals surface area contributed by atoms with Gasteiger partial charge in [-0.25, -0.2) is 0 Å². The highest BCUT2D eigenvalue weighted by atomic mass is 79.9. The van der Waals surface area contributed by atoms with E-state index in [1.54, 1.807) is 7.11 Å². The topological polar surface area (TPSA) is 94.3 Å². The van der Waals surface area contributed by atoms with Crippen LogP contribution in [0.2, 0.25) is 0 Å². The minimum Gasteiger partial charge on any atom is -0.496 e. The number of aromatic nitrogens is 2. The number of nitrogens with one attached hydrogen (secondary N) is 1. The average molecular weight is 494 g/mol. The van der Waals surface area contributed by atoms with Gasteiger partial charge in [-0.3, -0.25) is 0 Å². The van der Waals surface area contributed by atoms with E-state index in [9.17, 15) is 10.4 Å². The second kappa shape index (κ2) is 8.57. The van der Waals surface area contributed by atoms with Gasteiger partial charge in [0.05, 0.1) is 29.3 Å². The largest absolute Gasteiger partial charge is 0.496 e. The van der Waals surface area contributed by atoms with Crippen molar-refractivity contribution in [2.24, 2.45) is 0 Å². The average Bonchev–Trinajstić information content (AvgIpc) is 3.07. The van der Waals surface area contributed by atoms with Crippen molar-refractivity contribution in [3.63, 3.8) is 0 Å². The summed E-state index contributed by atoms with van der Waals surface area (Å²) in [5, 5.41) is 34.1. The second-order valence-electron chi connectivity index (χ2n) is 8.48. The van der Waals surface area contributed by atoms with Gasteiger partial charge in [-0.15, -0.1) is 10.2 Å². The van der Waals surface area contributed by atoms with Crippen molar-refractivity contribution in [3.8, 4) is 11.8 Å². The Morgan fingerprint density at radius 2 is 1.94 bits per heavy atom. The summed E-state index contributed by atoms with van der Waals surface area (Å²) in [4.78, 5) is 2.35. The molecule has 2 saturated heterocycles. The number of halogens is 1. The number of piperidine rings is 1. The maximum atomic E-state index is 10.2. The first-order valence-electron chi connectivity index (χ1n) is 10.8. The number of nitriles is 1. The molecule has 7 nitrogen and oxygen atoms in total. The molecule has 2 unspecified atom stereocenters. The Balaban J connectivity index is 1.50. The highest BCUT2D eigenvalue weighted by molar-refractivity contribution is 9.10. The summed E-state index contributed by atoms with van der Waals surface area (Å²) in [6.45, 7) is 0.559. The van der Waals surface area contributed by atoms with Crippen molar-refractivity contribution in [2.75, 3.05) is 17.3 Å². The van der Waals surface area contributed by atoms with Crippen LogP contribution in [0.15, 0.2) is 40.9 Å². The molecular weight excluding hydrogens is 470 g/mol. The van der Waals surface area contributed by atoms with Gasteiger partial charge in [0, 0.05) is 29.4 Å².